The van der Waals surface area contributed by atoms with E-state index in [-0.39, 0.29) is 0 Å². The van der Waals surface area contributed by atoms with Crippen LogP contribution in [-0.2, 0) is 0 Å². The summed E-state index contributed by atoms with van der Waals surface area (Å²) >= 11 is 3.48. The Morgan fingerprint density at radius 2 is 2.10 bits per heavy atom. The van der Waals surface area contributed by atoms with Gasteiger partial charge < -0.3 is 15.2 Å². The molecule has 1 fully saturated rings. The van der Waals surface area contributed by atoms with E-state index in [1.54, 1.807) is 0 Å². The van der Waals surface area contributed by atoms with Gasteiger partial charge >= 0.3 is 0 Å². The minimum Gasteiger partial charge on any atom is -0.490 e. The molecule has 2 atom stereocenters. The molecule has 2 rings (SSSR count). The number of hydrogen-bond acceptors (Lipinski definition) is 3. The van der Waals surface area contributed by atoms with Crippen molar-refractivity contribution in [1.82, 2.24) is 5.32 Å². The van der Waals surface area contributed by atoms with Crippen molar-refractivity contribution in [2.45, 2.75) is 51.7 Å². The second kappa shape index (κ2) is 8.16. The average Bonchev–Trinajstić information content (AvgIpc) is 2.98. The highest BCUT2D eigenvalue weighted by Crippen LogP contribution is 2.27. The molecule has 0 spiro atoms. The first-order valence-electron chi connectivity index (χ1n) is 7.86. The van der Waals surface area contributed by atoms with Crippen LogP contribution in [0.1, 0.15) is 38.2 Å². The van der Waals surface area contributed by atoms with Crippen LogP contribution in [0.3, 0.4) is 0 Å². The molecule has 1 aromatic rings. The molecule has 0 bridgehead atoms. The summed E-state index contributed by atoms with van der Waals surface area (Å²) in [6, 6.07) is 6.43. The molecule has 1 aromatic carbocycles. The molecule has 4 heteroatoms. The van der Waals surface area contributed by atoms with Gasteiger partial charge in [-0.05, 0) is 66.2 Å². The molecule has 0 aliphatic heterocycles. The van der Waals surface area contributed by atoms with Gasteiger partial charge in [-0.1, -0.05) is 18.9 Å². The van der Waals surface area contributed by atoms with Crippen molar-refractivity contribution in [3.05, 3.63) is 28.2 Å². The Balaban J connectivity index is 1.70. The van der Waals surface area contributed by atoms with E-state index in [0.29, 0.717) is 19.2 Å². The van der Waals surface area contributed by atoms with Crippen molar-refractivity contribution >= 4 is 15.9 Å². The smallest absolute Gasteiger partial charge is 0.133 e. The largest absolute Gasteiger partial charge is 0.490 e. The standard InChI is InChI=1S/C17H26BrNO2/c1-12-7-8-17(16(18)9-12)21-11-15(20)10-19-13(2)14-5-3-4-6-14/h7-9,13-15,19-20H,3-6,10-11H2,1-2H3/t13-,15?/m1/s1. The number of aliphatic hydroxyl groups is 1. The third-order valence-electron chi connectivity index (χ3n) is 4.30. The van der Waals surface area contributed by atoms with E-state index in [9.17, 15) is 5.11 Å². The minimum atomic E-state index is -0.484. The van der Waals surface area contributed by atoms with E-state index in [1.807, 2.05) is 25.1 Å². The van der Waals surface area contributed by atoms with E-state index < -0.39 is 6.10 Å². The summed E-state index contributed by atoms with van der Waals surface area (Å²) in [6.07, 6.45) is 4.85. The van der Waals surface area contributed by atoms with Crippen LogP contribution in [-0.4, -0.2) is 30.4 Å². The maximum absolute atomic E-state index is 10.0. The molecule has 1 unspecified atom stereocenters. The zero-order valence-corrected chi connectivity index (χ0v) is 14.5. The van der Waals surface area contributed by atoms with Crippen LogP contribution in [0.15, 0.2) is 22.7 Å². The van der Waals surface area contributed by atoms with Gasteiger partial charge in [-0.3, -0.25) is 0 Å². The van der Waals surface area contributed by atoms with Crippen LogP contribution in [0.5, 0.6) is 5.75 Å². The van der Waals surface area contributed by atoms with E-state index in [1.165, 1.54) is 31.2 Å². The van der Waals surface area contributed by atoms with Crippen LogP contribution in [0, 0.1) is 12.8 Å². The summed E-state index contributed by atoms with van der Waals surface area (Å²) in [5, 5.41) is 13.5. The number of hydrogen-bond donors (Lipinski definition) is 2. The average molecular weight is 356 g/mol. The van der Waals surface area contributed by atoms with Crippen LogP contribution < -0.4 is 10.1 Å². The van der Waals surface area contributed by atoms with Crippen molar-refractivity contribution in [3.8, 4) is 5.75 Å². The molecule has 0 amide bonds. The zero-order chi connectivity index (χ0) is 15.2. The van der Waals surface area contributed by atoms with Crippen LogP contribution in [0.4, 0.5) is 0 Å². The van der Waals surface area contributed by atoms with Gasteiger partial charge in [-0.15, -0.1) is 0 Å². The molecule has 0 heterocycles. The molecule has 118 valence electrons. The van der Waals surface area contributed by atoms with E-state index >= 15 is 0 Å². The number of aryl methyl sites for hydroxylation is 1. The molecule has 1 aliphatic carbocycles. The molecule has 3 nitrogen and oxygen atoms in total. The van der Waals surface area contributed by atoms with Gasteiger partial charge in [0.25, 0.3) is 0 Å². The predicted molar refractivity (Wildman–Crippen MR) is 89.8 cm³/mol. The summed E-state index contributed by atoms with van der Waals surface area (Å²) < 4.78 is 6.61. The molecule has 1 aliphatic rings. The topological polar surface area (TPSA) is 41.5 Å². The van der Waals surface area contributed by atoms with Gasteiger partial charge in [0, 0.05) is 12.6 Å². The fourth-order valence-corrected chi connectivity index (χ4v) is 3.52. The molecular formula is C17H26BrNO2. The second-order valence-electron chi connectivity index (χ2n) is 6.14. The van der Waals surface area contributed by atoms with E-state index in [0.717, 1.165) is 16.1 Å². The van der Waals surface area contributed by atoms with Crippen LogP contribution in [0.2, 0.25) is 0 Å². The molecule has 1 saturated carbocycles. The third kappa shape index (κ3) is 5.28. The summed E-state index contributed by atoms with van der Waals surface area (Å²) in [4.78, 5) is 0. The quantitative estimate of drug-likeness (QED) is 0.783. The highest BCUT2D eigenvalue weighted by Gasteiger charge is 2.21. The maximum atomic E-state index is 10.0. The SMILES string of the molecule is Cc1ccc(OCC(O)CN[C@H](C)C2CCCC2)c(Br)c1. The van der Waals surface area contributed by atoms with Crippen LogP contribution >= 0.6 is 15.9 Å². The number of benzene rings is 1. The number of nitrogens with one attached hydrogen (secondary N) is 1. The normalized spacial score (nSPS) is 18.7. The van der Waals surface area contributed by atoms with Gasteiger partial charge in [0.15, 0.2) is 0 Å². The first-order valence-corrected chi connectivity index (χ1v) is 8.66. The minimum absolute atomic E-state index is 0.312. The lowest BCUT2D eigenvalue weighted by Crippen LogP contribution is -2.39. The molecule has 0 aromatic heterocycles. The predicted octanol–water partition coefficient (Wildman–Crippen LogP) is 3.67. The van der Waals surface area contributed by atoms with Gasteiger partial charge in [0.2, 0.25) is 0 Å². The number of rotatable bonds is 7. The number of aliphatic hydroxyl groups excluding tert-OH is 1. The summed E-state index contributed by atoms with van der Waals surface area (Å²) in [5.41, 5.74) is 1.18. The fraction of sp³-hybridized carbons (Fsp3) is 0.647. The molecule has 2 N–H and O–H groups in total. The Labute approximate surface area is 136 Å². The Bertz CT molecular complexity index is 446. The van der Waals surface area contributed by atoms with Gasteiger partial charge in [0.1, 0.15) is 18.5 Å². The summed E-state index contributed by atoms with van der Waals surface area (Å²) in [7, 11) is 0. The van der Waals surface area contributed by atoms with Gasteiger partial charge in [-0.2, -0.15) is 0 Å². The summed E-state index contributed by atoms with van der Waals surface area (Å²) in [6.45, 7) is 5.16. The second-order valence-corrected chi connectivity index (χ2v) is 6.99. The Morgan fingerprint density at radius 1 is 1.38 bits per heavy atom. The Hall–Kier alpha value is -0.580. The monoisotopic (exact) mass is 355 g/mol. The Kier molecular flexibility index (Phi) is 6.52. The van der Waals surface area contributed by atoms with Crippen molar-refractivity contribution < 1.29 is 9.84 Å². The molecule has 0 saturated heterocycles. The lowest BCUT2D eigenvalue weighted by molar-refractivity contribution is 0.101. The third-order valence-corrected chi connectivity index (χ3v) is 4.92. The lowest BCUT2D eigenvalue weighted by Gasteiger charge is -2.22. The van der Waals surface area contributed by atoms with Gasteiger partial charge in [-0.25, -0.2) is 0 Å². The fourth-order valence-electron chi connectivity index (χ4n) is 2.91. The first kappa shape index (κ1) is 16.8. The molecule has 0 radical (unpaired) electrons. The highest BCUT2D eigenvalue weighted by molar-refractivity contribution is 9.10. The van der Waals surface area contributed by atoms with Crippen molar-refractivity contribution in [2.75, 3.05) is 13.2 Å². The number of halogens is 1. The van der Waals surface area contributed by atoms with Crippen LogP contribution in [0.25, 0.3) is 0 Å². The Morgan fingerprint density at radius 3 is 2.76 bits per heavy atom. The summed E-state index contributed by atoms with van der Waals surface area (Å²) in [5.74, 6) is 1.55. The van der Waals surface area contributed by atoms with Crippen molar-refractivity contribution in [2.24, 2.45) is 5.92 Å². The first-order chi connectivity index (χ1) is 10.1. The number of ether oxygens (including phenoxy) is 1. The van der Waals surface area contributed by atoms with Crippen molar-refractivity contribution in [3.63, 3.8) is 0 Å². The highest BCUT2D eigenvalue weighted by atomic mass is 79.9. The van der Waals surface area contributed by atoms with E-state index in [2.05, 4.69) is 28.2 Å². The van der Waals surface area contributed by atoms with E-state index in [4.69, 9.17) is 4.74 Å². The molecular weight excluding hydrogens is 330 g/mol. The van der Waals surface area contributed by atoms with Crippen molar-refractivity contribution in [1.29, 1.82) is 0 Å². The van der Waals surface area contributed by atoms with Gasteiger partial charge in [0.05, 0.1) is 4.47 Å². The maximum Gasteiger partial charge on any atom is 0.133 e. The molecule has 21 heavy (non-hydrogen) atoms. The lowest BCUT2D eigenvalue weighted by atomic mass is 10.00. The zero-order valence-electron chi connectivity index (χ0n) is 12.9.